The monoisotopic (exact) mass is 421 g/mol. The number of pyridine rings is 1. The van der Waals surface area contributed by atoms with Crippen molar-refractivity contribution in [3.05, 3.63) is 59.8 Å². The number of carbonyl (C=O) groups is 2. The summed E-state index contributed by atoms with van der Waals surface area (Å²) in [6.45, 7) is 8.14. The van der Waals surface area contributed by atoms with Gasteiger partial charge in [-0.25, -0.2) is 4.98 Å². The average molecular weight is 422 g/mol. The molecule has 2 amide bonds. The molecule has 1 aromatic carbocycles. The Balaban J connectivity index is 1.22. The van der Waals surface area contributed by atoms with E-state index in [2.05, 4.69) is 27.0 Å². The van der Waals surface area contributed by atoms with Crippen molar-refractivity contribution < 1.29 is 9.59 Å². The number of anilines is 1. The summed E-state index contributed by atoms with van der Waals surface area (Å²) in [5.41, 5.74) is 1.72. The highest BCUT2D eigenvalue weighted by atomic mass is 16.2. The summed E-state index contributed by atoms with van der Waals surface area (Å²) in [5, 5.41) is 3.11. The molecule has 0 saturated carbocycles. The number of piperazine rings is 1. The smallest absolute Gasteiger partial charge is 0.251 e. The molecule has 0 spiro atoms. The Bertz CT molecular complexity index is 879. The molecule has 0 radical (unpaired) electrons. The van der Waals surface area contributed by atoms with Crippen LogP contribution in [0.3, 0.4) is 0 Å². The number of hydrogen-bond acceptors (Lipinski definition) is 5. The average Bonchev–Trinajstić information content (AvgIpc) is 3.19. The fourth-order valence-electron chi connectivity index (χ4n) is 4.29. The third-order valence-electron chi connectivity index (χ3n) is 6.02. The van der Waals surface area contributed by atoms with E-state index in [0.717, 1.165) is 57.1 Å². The molecule has 3 heterocycles. The molecule has 4 rings (SSSR count). The first-order valence-electron chi connectivity index (χ1n) is 11.1. The van der Waals surface area contributed by atoms with E-state index in [4.69, 9.17) is 0 Å². The Morgan fingerprint density at radius 3 is 2.48 bits per heavy atom. The van der Waals surface area contributed by atoms with Crippen molar-refractivity contribution in [1.29, 1.82) is 0 Å². The van der Waals surface area contributed by atoms with Gasteiger partial charge in [-0.2, -0.15) is 0 Å². The number of likely N-dealkylation sites (tertiary alicyclic amines) is 1. The highest BCUT2D eigenvalue weighted by Gasteiger charge is 2.21. The molecule has 1 unspecified atom stereocenters. The minimum Gasteiger partial charge on any atom is -0.354 e. The molecule has 7 heteroatoms. The van der Waals surface area contributed by atoms with Crippen LogP contribution in [0.15, 0.2) is 48.7 Å². The molecular weight excluding hydrogens is 390 g/mol. The van der Waals surface area contributed by atoms with Crippen molar-refractivity contribution in [2.24, 2.45) is 0 Å². The van der Waals surface area contributed by atoms with Crippen LogP contribution in [-0.2, 0) is 11.3 Å². The maximum atomic E-state index is 12.6. The normalized spacial score (nSPS) is 18.3. The zero-order valence-electron chi connectivity index (χ0n) is 18.2. The van der Waals surface area contributed by atoms with Crippen molar-refractivity contribution in [2.75, 3.05) is 44.2 Å². The van der Waals surface area contributed by atoms with Gasteiger partial charge >= 0.3 is 0 Å². The van der Waals surface area contributed by atoms with Gasteiger partial charge in [0, 0.05) is 70.0 Å². The summed E-state index contributed by atoms with van der Waals surface area (Å²) in [7, 11) is 0. The van der Waals surface area contributed by atoms with E-state index in [9.17, 15) is 9.59 Å². The van der Waals surface area contributed by atoms with Gasteiger partial charge in [0.25, 0.3) is 5.91 Å². The van der Waals surface area contributed by atoms with Crippen molar-refractivity contribution >= 4 is 17.6 Å². The van der Waals surface area contributed by atoms with Crippen LogP contribution in [0, 0.1) is 0 Å². The lowest BCUT2D eigenvalue weighted by molar-refractivity contribution is -0.128. The minimum atomic E-state index is -0.0524. The summed E-state index contributed by atoms with van der Waals surface area (Å²) in [5.74, 6) is 1.20. The van der Waals surface area contributed by atoms with Crippen LogP contribution in [0.25, 0.3) is 0 Å². The van der Waals surface area contributed by atoms with Gasteiger partial charge < -0.3 is 15.1 Å². The molecule has 164 valence electrons. The molecular formula is C24H31N5O2. The van der Waals surface area contributed by atoms with E-state index in [0.29, 0.717) is 18.5 Å². The van der Waals surface area contributed by atoms with Crippen molar-refractivity contribution in [2.45, 2.75) is 32.4 Å². The van der Waals surface area contributed by atoms with Gasteiger partial charge in [-0.3, -0.25) is 14.5 Å². The number of nitrogens with one attached hydrogen (secondary N) is 1. The second-order valence-electron chi connectivity index (χ2n) is 8.47. The third kappa shape index (κ3) is 5.61. The molecule has 2 fully saturated rings. The summed E-state index contributed by atoms with van der Waals surface area (Å²) in [6, 6.07) is 13.7. The molecule has 2 aliphatic rings. The van der Waals surface area contributed by atoms with Gasteiger partial charge in [0.1, 0.15) is 5.82 Å². The first-order valence-corrected chi connectivity index (χ1v) is 11.1. The van der Waals surface area contributed by atoms with Crippen LogP contribution < -0.4 is 10.2 Å². The first-order chi connectivity index (χ1) is 15.1. The lowest BCUT2D eigenvalue weighted by Gasteiger charge is -2.36. The predicted octanol–water partition coefficient (Wildman–Crippen LogP) is 2.14. The molecule has 2 aliphatic heterocycles. The number of hydrogen-bond donors (Lipinski definition) is 1. The lowest BCUT2D eigenvalue weighted by atomic mass is 10.1. The maximum Gasteiger partial charge on any atom is 0.251 e. The van der Waals surface area contributed by atoms with Crippen LogP contribution in [0.1, 0.15) is 35.7 Å². The number of carbonyl (C=O) groups excluding carboxylic acids is 2. The van der Waals surface area contributed by atoms with Crippen molar-refractivity contribution in [3.8, 4) is 0 Å². The largest absolute Gasteiger partial charge is 0.354 e. The number of amides is 2. The highest BCUT2D eigenvalue weighted by Crippen LogP contribution is 2.15. The van der Waals surface area contributed by atoms with Gasteiger partial charge in [0.15, 0.2) is 0 Å². The van der Waals surface area contributed by atoms with Crippen molar-refractivity contribution in [1.82, 2.24) is 20.1 Å². The molecule has 31 heavy (non-hydrogen) atoms. The number of nitrogens with zero attached hydrogens (tertiary/aromatic N) is 4. The van der Waals surface area contributed by atoms with Crippen LogP contribution in [0.5, 0.6) is 0 Å². The van der Waals surface area contributed by atoms with Gasteiger partial charge in [-0.05, 0) is 43.2 Å². The van der Waals surface area contributed by atoms with Crippen molar-refractivity contribution in [3.63, 3.8) is 0 Å². The van der Waals surface area contributed by atoms with Crippen LogP contribution in [0.4, 0.5) is 5.82 Å². The molecule has 0 aliphatic carbocycles. The summed E-state index contributed by atoms with van der Waals surface area (Å²) < 4.78 is 0. The Labute approximate surface area is 184 Å². The summed E-state index contributed by atoms with van der Waals surface area (Å²) in [6.07, 6.45) is 3.42. The molecule has 0 bridgehead atoms. The number of rotatable bonds is 7. The second kappa shape index (κ2) is 9.92. The van der Waals surface area contributed by atoms with Gasteiger partial charge in [0.05, 0.1) is 0 Å². The van der Waals surface area contributed by atoms with Gasteiger partial charge in [-0.1, -0.05) is 18.2 Å². The third-order valence-corrected chi connectivity index (χ3v) is 6.02. The standard InChI is InChI=1S/C24H31N5O2/c1-19(17-27-13-15-28(16-14-27)22-5-2-3-11-25-22)26-24(31)21-9-7-20(8-10-21)18-29-12-4-6-23(29)30/h2-3,5,7-11,19H,4,6,12-18H2,1H3,(H,26,31). The molecule has 1 atom stereocenters. The fourth-order valence-corrected chi connectivity index (χ4v) is 4.29. The molecule has 2 saturated heterocycles. The Morgan fingerprint density at radius 2 is 1.84 bits per heavy atom. The summed E-state index contributed by atoms with van der Waals surface area (Å²) >= 11 is 0. The Morgan fingerprint density at radius 1 is 1.06 bits per heavy atom. The van der Waals surface area contributed by atoms with Gasteiger partial charge in [0.2, 0.25) is 5.91 Å². The Hall–Kier alpha value is -2.93. The van der Waals surface area contributed by atoms with Crippen LogP contribution in [0.2, 0.25) is 0 Å². The fraction of sp³-hybridized carbons (Fsp3) is 0.458. The van der Waals surface area contributed by atoms with E-state index in [1.54, 1.807) is 0 Å². The van der Waals surface area contributed by atoms with E-state index in [-0.39, 0.29) is 17.9 Å². The summed E-state index contributed by atoms with van der Waals surface area (Å²) in [4.78, 5) is 35.4. The zero-order valence-corrected chi connectivity index (χ0v) is 18.2. The maximum absolute atomic E-state index is 12.6. The van der Waals surface area contributed by atoms with Crippen LogP contribution in [-0.4, -0.2) is 71.9 Å². The number of aromatic nitrogens is 1. The molecule has 7 nitrogen and oxygen atoms in total. The minimum absolute atomic E-state index is 0.0524. The Kier molecular flexibility index (Phi) is 6.82. The zero-order chi connectivity index (χ0) is 21.6. The van der Waals surface area contributed by atoms with E-state index in [1.165, 1.54) is 0 Å². The second-order valence-corrected chi connectivity index (χ2v) is 8.47. The molecule has 1 aromatic heterocycles. The molecule has 2 aromatic rings. The number of benzene rings is 1. The highest BCUT2D eigenvalue weighted by molar-refractivity contribution is 5.94. The van der Waals surface area contributed by atoms with E-state index in [1.807, 2.05) is 53.6 Å². The van der Waals surface area contributed by atoms with E-state index >= 15 is 0 Å². The molecule has 1 N–H and O–H groups in total. The predicted molar refractivity (Wildman–Crippen MR) is 121 cm³/mol. The quantitative estimate of drug-likeness (QED) is 0.742. The first kappa shape index (κ1) is 21.3. The topological polar surface area (TPSA) is 68.8 Å². The van der Waals surface area contributed by atoms with Gasteiger partial charge in [-0.15, -0.1) is 0 Å². The van der Waals surface area contributed by atoms with Crippen LogP contribution >= 0.6 is 0 Å². The van der Waals surface area contributed by atoms with E-state index < -0.39 is 0 Å². The lowest BCUT2D eigenvalue weighted by Crippen LogP contribution is -2.51. The SMILES string of the molecule is CC(CN1CCN(c2ccccn2)CC1)NC(=O)c1ccc(CN2CCCC2=O)cc1.